The van der Waals surface area contributed by atoms with E-state index in [2.05, 4.69) is 5.48 Å². The molecule has 4 heteroatoms. The van der Waals surface area contributed by atoms with Crippen molar-refractivity contribution in [3.05, 3.63) is 70.7 Å². The molecule has 0 aliphatic heterocycles. The Balaban J connectivity index is 1.72. The van der Waals surface area contributed by atoms with Crippen LogP contribution in [0.1, 0.15) is 17.2 Å². The molecule has 2 N–H and O–H groups in total. The summed E-state index contributed by atoms with van der Waals surface area (Å²) >= 11 is 5.79. The molecule has 0 bridgehead atoms. The van der Waals surface area contributed by atoms with E-state index in [4.69, 9.17) is 16.4 Å². The zero-order chi connectivity index (χ0) is 13.5. The molecule has 3 nitrogen and oxygen atoms in total. The summed E-state index contributed by atoms with van der Waals surface area (Å²) in [6.45, 7) is 0.794. The third kappa shape index (κ3) is 4.65. The van der Waals surface area contributed by atoms with Crippen LogP contribution in [0, 0.1) is 0 Å². The second-order valence-electron chi connectivity index (χ2n) is 4.19. The van der Waals surface area contributed by atoms with E-state index in [-0.39, 0.29) is 0 Å². The molecule has 1 unspecified atom stereocenters. The van der Waals surface area contributed by atoms with Gasteiger partial charge in [0.2, 0.25) is 0 Å². The van der Waals surface area contributed by atoms with Crippen LogP contribution in [-0.4, -0.2) is 11.7 Å². The van der Waals surface area contributed by atoms with Gasteiger partial charge in [-0.2, -0.15) is 5.48 Å². The molecule has 2 aromatic carbocycles. The van der Waals surface area contributed by atoms with Crippen molar-refractivity contribution in [2.45, 2.75) is 12.7 Å². The first-order valence-corrected chi connectivity index (χ1v) is 6.45. The second-order valence-corrected chi connectivity index (χ2v) is 4.63. The SMILES string of the molecule is OC(CNOCc1ccccc1)c1ccc(Cl)cc1. The van der Waals surface area contributed by atoms with E-state index in [1.807, 2.05) is 30.3 Å². The Morgan fingerprint density at radius 1 is 1.05 bits per heavy atom. The first kappa shape index (κ1) is 14.0. The van der Waals surface area contributed by atoms with Gasteiger partial charge in [0.05, 0.1) is 19.3 Å². The summed E-state index contributed by atoms with van der Waals surface area (Å²) in [4.78, 5) is 5.30. The lowest BCUT2D eigenvalue weighted by Crippen LogP contribution is -2.21. The van der Waals surface area contributed by atoms with Crippen molar-refractivity contribution in [1.82, 2.24) is 5.48 Å². The monoisotopic (exact) mass is 277 g/mol. The Morgan fingerprint density at radius 2 is 1.74 bits per heavy atom. The Bertz CT molecular complexity index is 487. The van der Waals surface area contributed by atoms with Crippen LogP contribution in [0.2, 0.25) is 5.02 Å². The Labute approximate surface area is 117 Å². The van der Waals surface area contributed by atoms with Crippen LogP contribution >= 0.6 is 11.6 Å². The minimum Gasteiger partial charge on any atom is -0.387 e. The number of hydrogen-bond donors (Lipinski definition) is 2. The highest BCUT2D eigenvalue weighted by Crippen LogP contribution is 2.15. The molecule has 0 aliphatic rings. The normalized spacial score (nSPS) is 12.3. The van der Waals surface area contributed by atoms with Gasteiger partial charge in [-0.25, -0.2) is 0 Å². The summed E-state index contributed by atoms with van der Waals surface area (Å²) < 4.78 is 0. The quantitative estimate of drug-likeness (QED) is 0.630. The first-order valence-electron chi connectivity index (χ1n) is 6.08. The van der Waals surface area contributed by atoms with Crippen LogP contribution in [0.3, 0.4) is 0 Å². The standard InChI is InChI=1S/C15H16ClNO2/c16-14-8-6-13(7-9-14)15(18)10-17-19-11-12-4-2-1-3-5-12/h1-9,15,17-18H,10-11H2. The molecule has 0 fully saturated rings. The minimum atomic E-state index is -0.618. The Kier molecular flexibility index (Phi) is 5.36. The van der Waals surface area contributed by atoms with Gasteiger partial charge in [0.25, 0.3) is 0 Å². The molecule has 0 saturated heterocycles. The molecule has 19 heavy (non-hydrogen) atoms. The van der Waals surface area contributed by atoms with Gasteiger partial charge >= 0.3 is 0 Å². The van der Waals surface area contributed by atoms with Gasteiger partial charge in [-0.1, -0.05) is 54.1 Å². The number of hydrogen-bond acceptors (Lipinski definition) is 3. The topological polar surface area (TPSA) is 41.5 Å². The van der Waals surface area contributed by atoms with Gasteiger partial charge in [-0.3, -0.25) is 4.84 Å². The second kappa shape index (κ2) is 7.26. The molecule has 0 spiro atoms. The highest BCUT2D eigenvalue weighted by atomic mass is 35.5. The molecule has 0 aliphatic carbocycles. The van der Waals surface area contributed by atoms with Crippen LogP contribution in [-0.2, 0) is 11.4 Å². The third-order valence-corrected chi connectivity index (χ3v) is 2.97. The minimum absolute atomic E-state index is 0.328. The number of rotatable bonds is 6. The molecular weight excluding hydrogens is 262 g/mol. The van der Waals surface area contributed by atoms with Crippen LogP contribution in [0.15, 0.2) is 54.6 Å². The molecule has 2 aromatic rings. The molecule has 1 atom stereocenters. The van der Waals surface area contributed by atoms with E-state index in [0.717, 1.165) is 11.1 Å². The van der Waals surface area contributed by atoms with E-state index in [9.17, 15) is 5.11 Å². The smallest absolute Gasteiger partial charge is 0.0937 e. The number of nitrogens with one attached hydrogen (secondary N) is 1. The molecule has 0 radical (unpaired) electrons. The highest BCUT2D eigenvalue weighted by molar-refractivity contribution is 6.30. The van der Waals surface area contributed by atoms with Crippen LogP contribution in [0.25, 0.3) is 0 Å². The highest BCUT2D eigenvalue weighted by Gasteiger charge is 2.06. The maximum absolute atomic E-state index is 9.92. The predicted molar refractivity (Wildman–Crippen MR) is 75.6 cm³/mol. The summed E-state index contributed by atoms with van der Waals surface area (Å²) in [5, 5.41) is 10.6. The maximum Gasteiger partial charge on any atom is 0.0937 e. The zero-order valence-electron chi connectivity index (χ0n) is 10.4. The van der Waals surface area contributed by atoms with Crippen molar-refractivity contribution in [3.63, 3.8) is 0 Å². The van der Waals surface area contributed by atoms with Gasteiger partial charge in [0, 0.05) is 5.02 Å². The average Bonchev–Trinajstić information content (AvgIpc) is 2.45. The van der Waals surface area contributed by atoms with Gasteiger partial charge in [0.15, 0.2) is 0 Å². The fourth-order valence-corrected chi connectivity index (χ4v) is 1.78. The first-order chi connectivity index (χ1) is 9.25. The summed E-state index contributed by atoms with van der Waals surface area (Å²) in [6.07, 6.45) is -0.618. The van der Waals surface area contributed by atoms with E-state index in [1.54, 1.807) is 24.3 Å². The largest absolute Gasteiger partial charge is 0.387 e. The van der Waals surface area contributed by atoms with Gasteiger partial charge < -0.3 is 5.11 Å². The van der Waals surface area contributed by atoms with Crippen molar-refractivity contribution in [2.75, 3.05) is 6.54 Å². The van der Waals surface area contributed by atoms with Gasteiger partial charge in [0.1, 0.15) is 0 Å². The number of hydroxylamine groups is 1. The number of halogens is 1. The van der Waals surface area contributed by atoms with E-state index in [1.165, 1.54) is 0 Å². The van der Waals surface area contributed by atoms with Crippen molar-refractivity contribution < 1.29 is 9.94 Å². The molecule has 100 valence electrons. The summed E-state index contributed by atoms with van der Waals surface area (Å²) in [7, 11) is 0. The van der Waals surface area contributed by atoms with Crippen LogP contribution < -0.4 is 5.48 Å². The summed E-state index contributed by atoms with van der Waals surface area (Å²) in [5.41, 5.74) is 4.65. The number of aliphatic hydroxyl groups excluding tert-OH is 1. The lowest BCUT2D eigenvalue weighted by atomic mass is 10.1. The van der Waals surface area contributed by atoms with E-state index < -0.39 is 6.10 Å². The molecule has 2 rings (SSSR count). The fraction of sp³-hybridized carbons (Fsp3) is 0.200. The predicted octanol–water partition coefficient (Wildman–Crippen LogP) is 3.09. The fourth-order valence-electron chi connectivity index (χ4n) is 1.65. The van der Waals surface area contributed by atoms with Crippen molar-refractivity contribution in [2.24, 2.45) is 0 Å². The maximum atomic E-state index is 9.92. The summed E-state index contributed by atoms with van der Waals surface area (Å²) in [5.74, 6) is 0. The van der Waals surface area contributed by atoms with E-state index >= 15 is 0 Å². The molecule has 0 saturated carbocycles. The molecular formula is C15H16ClNO2. The molecule has 0 aromatic heterocycles. The molecule has 0 amide bonds. The van der Waals surface area contributed by atoms with Crippen molar-refractivity contribution in [1.29, 1.82) is 0 Å². The van der Waals surface area contributed by atoms with Crippen LogP contribution in [0.4, 0.5) is 0 Å². The van der Waals surface area contributed by atoms with Crippen molar-refractivity contribution >= 4 is 11.6 Å². The third-order valence-electron chi connectivity index (χ3n) is 2.72. The summed E-state index contributed by atoms with van der Waals surface area (Å²) in [6, 6.07) is 17.0. The van der Waals surface area contributed by atoms with E-state index in [0.29, 0.717) is 18.2 Å². The Hall–Kier alpha value is -1.39. The Morgan fingerprint density at radius 3 is 2.42 bits per heavy atom. The lowest BCUT2D eigenvalue weighted by molar-refractivity contribution is 0.00270. The van der Waals surface area contributed by atoms with Gasteiger partial charge in [-0.15, -0.1) is 0 Å². The number of aliphatic hydroxyl groups is 1. The molecule has 0 heterocycles. The van der Waals surface area contributed by atoms with Crippen molar-refractivity contribution in [3.8, 4) is 0 Å². The lowest BCUT2D eigenvalue weighted by Gasteiger charge is -2.12. The average molecular weight is 278 g/mol. The zero-order valence-corrected chi connectivity index (χ0v) is 11.2. The number of benzene rings is 2. The van der Waals surface area contributed by atoms with Gasteiger partial charge in [-0.05, 0) is 23.3 Å². The van der Waals surface area contributed by atoms with Crippen LogP contribution in [0.5, 0.6) is 0 Å².